The first-order valence-electron chi connectivity index (χ1n) is 12.1. The van der Waals surface area contributed by atoms with Gasteiger partial charge in [0.15, 0.2) is 5.84 Å². The van der Waals surface area contributed by atoms with Gasteiger partial charge in [0, 0.05) is 49.1 Å². The quantitative estimate of drug-likeness (QED) is 0.505. The van der Waals surface area contributed by atoms with Crippen LogP contribution in [-0.4, -0.2) is 59.3 Å². The van der Waals surface area contributed by atoms with Gasteiger partial charge in [0.25, 0.3) is 5.91 Å². The van der Waals surface area contributed by atoms with Crippen LogP contribution >= 0.6 is 0 Å². The highest BCUT2D eigenvalue weighted by atomic mass is 32.2. The predicted molar refractivity (Wildman–Crippen MR) is 139 cm³/mol. The molecule has 37 heavy (non-hydrogen) atoms. The molecule has 0 aliphatic carbocycles. The van der Waals surface area contributed by atoms with Crippen LogP contribution in [0.3, 0.4) is 0 Å². The molecule has 2 aromatic heterocycles. The number of nitrogens with two attached hydrogens (primary N) is 1. The van der Waals surface area contributed by atoms with Crippen molar-refractivity contribution in [3.63, 3.8) is 0 Å². The van der Waals surface area contributed by atoms with E-state index in [0.29, 0.717) is 48.1 Å². The van der Waals surface area contributed by atoms with E-state index in [-0.39, 0.29) is 23.6 Å². The van der Waals surface area contributed by atoms with E-state index in [1.807, 2.05) is 15.7 Å². The van der Waals surface area contributed by atoms with Crippen LogP contribution in [0.1, 0.15) is 54.4 Å². The number of hydrogen-bond acceptors (Lipinski definition) is 7. The first kappa shape index (κ1) is 24.8. The molecule has 0 spiro atoms. The number of pyridine rings is 1. The van der Waals surface area contributed by atoms with Gasteiger partial charge in [-0.1, -0.05) is 19.9 Å². The Morgan fingerprint density at radius 1 is 1.24 bits per heavy atom. The molecule has 194 valence electrons. The smallest absolute Gasteiger partial charge is 0.344 e. The number of piperidine rings is 1. The zero-order valence-corrected chi connectivity index (χ0v) is 21.5. The van der Waals surface area contributed by atoms with Crippen LogP contribution in [0.2, 0.25) is 0 Å². The van der Waals surface area contributed by atoms with Crippen LogP contribution in [0.25, 0.3) is 5.82 Å². The van der Waals surface area contributed by atoms with Crippen LogP contribution in [-0.2, 0) is 10.2 Å². The lowest BCUT2D eigenvalue weighted by Crippen LogP contribution is -2.41. The van der Waals surface area contributed by atoms with E-state index in [0.717, 1.165) is 18.7 Å². The van der Waals surface area contributed by atoms with Crippen LogP contribution in [0.4, 0.5) is 5.69 Å². The maximum atomic E-state index is 13.4. The van der Waals surface area contributed by atoms with E-state index in [2.05, 4.69) is 32.9 Å². The summed E-state index contributed by atoms with van der Waals surface area (Å²) in [5.74, 6) is 2.15. The number of amidine groups is 1. The maximum Gasteiger partial charge on any atom is 0.344 e. The Labute approximate surface area is 215 Å². The molecule has 3 N–H and O–H groups in total. The highest BCUT2D eigenvalue weighted by Gasteiger charge is 2.28. The normalized spacial score (nSPS) is 18.6. The van der Waals surface area contributed by atoms with E-state index in [4.69, 9.17) is 10.5 Å². The second kappa shape index (κ2) is 9.85. The van der Waals surface area contributed by atoms with E-state index in [1.165, 1.54) is 0 Å². The summed E-state index contributed by atoms with van der Waals surface area (Å²) in [4.78, 5) is 24.1. The second-order valence-corrected chi connectivity index (χ2v) is 10.9. The number of carbonyl (C=O) groups is 1. The summed E-state index contributed by atoms with van der Waals surface area (Å²) in [6.07, 6.45) is 7.00. The zero-order chi connectivity index (χ0) is 26.2. The summed E-state index contributed by atoms with van der Waals surface area (Å²) in [7, 11) is -3.86. The third-order valence-corrected chi connectivity index (χ3v) is 7.36. The SMILES string of the molecule is CC(C)c1nccn1-c1cc(C(=O)N2CCCC(COc3cccc4c3C(N)=NS(=O)(=O)N4)C2)ccn1. The molecular weight excluding hydrogens is 494 g/mol. The number of imidazole rings is 1. The average molecular weight is 524 g/mol. The number of anilines is 1. The molecule has 1 amide bonds. The average Bonchev–Trinajstić information content (AvgIpc) is 3.37. The molecule has 1 saturated heterocycles. The minimum Gasteiger partial charge on any atom is -0.492 e. The fourth-order valence-electron chi connectivity index (χ4n) is 4.73. The highest BCUT2D eigenvalue weighted by Crippen LogP contribution is 2.31. The lowest BCUT2D eigenvalue weighted by atomic mass is 9.98. The Morgan fingerprint density at radius 3 is 2.89 bits per heavy atom. The van der Waals surface area contributed by atoms with Crippen LogP contribution in [0, 0.1) is 5.92 Å². The number of hydrogen-bond donors (Lipinski definition) is 2. The van der Waals surface area contributed by atoms with Gasteiger partial charge in [0.1, 0.15) is 17.4 Å². The predicted octanol–water partition coefficient (Wildman–Crippen LogP) is 2.70. The highest BCUT2D eigenvalue weighted by molar-refractivity contribution is 7.91. The fourth-order valence-corrected chi connectivity index (χ4v) is 5.58. The third-order valence-electron chi connectivity index (χ3n) is 6.45. The van der Waals surface area contributed by atoms with Crippen molar-refractivity contribution < 1.29 is 17.9 Å². The summed E-state index contributed by atoms with van der Waals surface area (Å²) in [5.41, 5.74) is 7.24. The Morgan fingerprint density at radius 2 is 2.08 bits per heavy atom. The van der Waals surface area contributed by atoms with Gasteiger partial charge in [-0.2, -0.15) is 8.42 Å². The molecule has 3 aromatic rings. The number of nitrogens with zero attached hydrogens (tertiary/aromatic N) is 5. The van der Waals surface area contributed by atoms with E-state index in [9.17, 15) is 13.2 Å². The minimum atomic E-state index is -3.86. The topological polar surface area (TPSA) is 145 Å². The summed E-state index contributed by atoms with van der Waals surface area (Å²) < 4.78 is 37.5. The van der Waals surface area contributed by atoms with Gasteiger partial charge in [0.05, 0.1) is 17.9 Å². The van der Waals surface area contributed by atoms with Crippen molar-refractivity contribution in [1.82, 2.24) is 19.4 Å². The van der Waals surface area contributed by atoms with Gasteiger partial charge in [-0.25, -0.2) is 9.97 Å². The van der Waals surface area contributed by atoms with E-state index in [1.54, 1.807) is 42.7 Å². The summed E-state index contributed by atoms with van der Waals surface area (Å²) >= 11 is 0. The zero-order valence-electron chi connectivity index (χ0n) is 20.7. The lowest BCUT2D eigenvalue weighted by Gasteiger charge is -2.33. The van der Waals surface area contributed by atoms with Crippen LogP contribution in [0.15, 0.2) is 53.3 Å². The lowest BCUT2D eigenvalue weighted by molar-refractivity contribution is 0.0633. The maximum absolute atomic E-state index is 13.4. The number of fused-ring (bicyclic) bond motifs is 1. The largest absolute Gasteiger partial charge is 0.492 e. The molecule has 2 aliphatic heterocycles. The van der Waals surface area contributed by atoms with Crippen molar-refractivity contribution in [1.29, 1.82) is 0 Å². The number of rotatable bonds is 6. The molecule has 0 radical (unpaired) electrons. The number of benzene rings is 1. The van der Waals surface area contributed by atoms with Crippen molar-refractivity contribution >= 4 is 27.6 Å². The van der Waals surface area contributed by atoms with Gasteiger partial charge in [-0.3, -0.25) is 14.1 Å². The van der Waals surface area contributed by atoms with Crippen molar-refractivity contribution in [2.75, 3.05) is 24.4 Å². The van der Waals surface area contributed by atoms with Gasteiger partial charge < -0.3 is 15.4 Å². The van der Waals surface area contributed by atoms with Gasteiger partial charge in [-0.05, 0) is 37.1 Å². The molecule has 11 nitrogen and oxygen atoms in total. The minimum absolute atomic E-state index is 0.0533. The molecule has 1 aromatic carbocycles. The van der Waals surface area contributed by atoms with Gasteiger partial charge in [-0.15, -0.1) is 4.40 Å². The molecule has 1 fully saturated rings. The number of carbonyl (C=O) groups excluding carboxylic acids is 1. The summed E-state index contributed by atoms with van der Waals surface area (Å²) in [5, 5.41) is 0. The number of aromatic nitrogens is 3. The van der Waals surface area contributed by atoms with Crippen molar-refractivity contribution in [2.45, 2.75) is 32.6 Å². The second-order valence-electron chi connectivity index (χ2n) is 9.52. The number of ether oxygens (including phenoxy) is 1. The fraction of sp³-hybridized carbons (Fsp3) is 0.360. The Hall–Kier alpha value is -3.93. The van der Waals surface area contributed by atoms with E-state index >= 15 is 0 Å². The van der Waals surface area contributed by atoms with E-state index < -0.39 is 10.2 Å². The molecule has 0 bridgehead atoms. The molecular formula is C25H29N7O4S. The third kappa shape index (κ3) is 5.15. The van der Waals surface area contributed by atoms with Gasteiger partial charge in [0.2, 0.25) is 0 Å². The Bertz CT molecular complexity index is 1470. The molecule has 4 heterocycles. The Balaban J connectivity index is 1.28. The molecule has 1 unspecified atom stereocenters. The first-order valence-corrected chi connectivity index (χ1v) is 13.6. The molecule has 1 atom stereocenters. The molecule has 5 rings (SSSR count). The van der Waals surface area contributed by atoms with Crippen molar-refractivity contribution in [2.24, 2.45) is 16.0 Å². The van der Waals surface area contributed by atoms with Crippen molar-refractivity contribution in [3.8, 4) is 11.6 Å². The Kier molecular flexibility index (Phi) is 6.59. The number of amides is 1. The van der Waals surface area contributed by atoms with Crippen molar-refractivity contribution in [3.05, 3.63) is 65.9 Å². The number of nitrogens with one attached hydrogen (secondary N) is 1. The number of likely N-dealkylation sites (tertiary alicyclic amines) is 1. The molecule has 12 heteroatoms. The standard InChI is InChI=1S/C25H29N7O4S/c1-16(2)24-28-10-12-32(24)21-13-18(8-9-27-21)25(33)31-11-4-5-17(14-31)15-36-20-7-3-6-19-22(20)23(26)30-37(34,35)29-19/h3,6-10,12-13,16-17,29H,4-5,11,14-15H2,1-2H3,(H2,26,30). The monoisotopic (exact) mass is 523 g/mol. The first-order chi connectivity index (χ1) is 17.7. The van der Waals surface area contributed by atoms with Crippen LogP contribution in [0.5, 0.6) is 5.75 Å². The molecule has 2 aliphatic rings. The summed E-state index contributed by atoms with van der Waals surface area (Å²) in [6.45, 7) is 5.69. The van der Waals surface area contributed by atoms with Gasteiger partial charge >= 0.3 is 10.2 Å². The summed E-state index contributed by atoms with van der Waals surface area (Å²) in [6, 6.07) is 8.57. The van der Waals surface area contributed by atoms with Crippen LogP contribution < -0.4 is 15.2 Å². The molecule has 0 saturated carbocycles.